The summed E-state index contributed by atoms with van der Waals surface area (Å²) in [6.07, 6.45) is 4.70. The number of hydrogen-bond acceptors (Lipinski definition) is 0. The van der Waals surface area contributed by atoms with Crippen LogP contribution in [0, 0.1) is 0 Å². The SMILES string of the molecule is FC1(Br)CCCCC1. The molecule has 0 N–H and O–H groups in total. The van der Waals surface area contributed by atoms with Gasteiger partial charge in [-0.15, -0.1) is 0 Å². The van der Waals surface area contributed by atoms with Gasteiger partial charge >= 0.3 is 0 Å². The number of hydrogen-bond donors (Lipinski definition) is 0. The summed E-state index contributed by atoms with van der Waals surface area (Å²) < 4.78 is 11.8. The molecule has 1 fully saturated rings. The van der Waals surface area contributed by atoms with Gasteiger partial charge < -0.3 is 0 Å². The van der Waals surface area contributed by atoms with Crippen molar-refractivity contribution in [1.29, 1.82) is 0 Å². The summed E-state index contributed by atoms with van der Waals surface area (Å²) in [6, 6.07) is 0. The van der Waals surface area contributed by atoms with E-state index in [-0.39, 0.29) is 0 Å². The largest absolute Gasteiger partial charge is 0.231 e. The van der Waals surface area contributed by atoms with Gasteiger partial charge in [-0.3, -0.25) is 0 Å². The molecule has 0 atom stereocenters. The molecule has 1 aliphatic carbocycles. The van der Waals surface area contributed by atoms with Crippen molar-refractivity contribution in [1.82, 2.24) is 0 Å². The predicted octanol–water partition coefficient (Wildman–Crippen LogP) is 3.01. The highest BCUT2D eigenvalue weighted by atomic mass is 79.9. The quantitative estimate of drug-likeness (QED) is 0.504. The van der Waals surface area contributed by atoms with Crippen molar-refractivity contribution in [3.8, 4) is 0 Å². The van der Waals surface area contributed by atoms with Crippen LogP contribution in [0.1, 0.15) is 32.1 Å². The molecule has 2 heteroatoms. The van der Waals surface area contributed by atoms with E-state index < -0.39 is 4.58 Å². The topological polar surface area (TPSA) is 0 Å². The van der Waals surface area contributed by atoms with E-state index in [0.29, 0.717) is 12.8 Å². The molecule has 0 heterocycles. The van der Waals surface area contributed by atoms with E-state index in [0.717, 1.165) is 12.8 Å². The molecule has 0 saturated heterocycles. The Morgan fingerprint density at radius 3 is 1.88 bits per heavy atom. The maximum atomic E-state index is 12.8. The maximum Gasteiger partial charge on any atom is 0.165 e. The molecule has 0 aromatic carbocycles. The molecule has 0 aliphatic heterocycles. The van der Waals surface area contributed by atoms with E-state index in [1.807, 2.05) is 0 Å². The zero-order valence-electron chi connectivity index (χ0n) is 4.79. The first-order valence-electron chi connectivity index (χ1n) is 3.09. The van der Waals surface area contributed by atoms with Crippen molar-refractivity contribution in [2.45, 2.75) is 36.7 Å². The van der Waals surface area contributed by atoms with Crippen LogP contribution in [0.15, 0.2) is 0 Å². The molecule has 0 unspecified atom stereocenters. The highest BCUT2D eigenvalue weighted by molar-refractivity contribution is 9.10. The van der Waals surface area contributed by atoms with Crippen LogP contribution in [-0.4, -0.2) is 4.58 Å². The first kappa shape index (κ1) is 6.53. The van der Waals surface area contributed by atoms with Crippen LogP contribution in [0.5, 0.6) is 0 Å². The van der Waals surface area contributed by atoms with E-state index in [2.05, 4.69) is 15.9 Å². The standard InChI is InChI=1S/C6H10BrF/c7-6(8)4-2-1-3-5-6/h1-5H2. The summed E-state index contributed by atoms with van der Waals surface area (Å²) in [5.74, 6) is 0. The van der Waals surface area contributed by atoms with Crippen LogP contribution < -0.4 is 0 Å². The lowest BCUT2D eigenvalue weighted by Gasteiger charge is -2.22. The first-order chi connectivity index (χ1) is 3.71. The fraction of sp³-hybridized carbons (Fsp3) is 1.00. The molecule has 0 spiro atoms. The fourth-order valence-electron chi connectivity index (χ4n) is 1.07. The zero-order valence-corrected chi connectivity index (χ0v) is 6.38. The predicted molar refractivity (Wildman–Crippen MR) is 35.9 cm³/mol. The molecule has 0 bridgehead atoms. The van der Waals surface area contributed by atoms with Crippen LogP contribution in [-0.2, 0) is 0 Å². The first-order valence-corrected chi connectivity index (χ1v) is 3.88. The Labute approximate surface area is 57.6 Å². The van der Waals surface area contributed by atoms with E-state index in [1.54, 1.807) is 0 Å². The smallest absolute Gasteiger partial charge is 0.165 e. The normalized spacial score (nSPS) is 27.8. The molecule has 0 radical (unpaired) electrons. The molecule has 0 aromatic rings. The second-order valence-electron chi connectivity index (χ2n) is 2.42. The highest BCUT2D eigenvalue weighted by Crippen LogP contribution is 2.36. The molecule has 8 heavy (non-hydrogen) atoms. The number of halogens is 2. The summed E-state index contributed by atoms with van der Waals surface area (Å²) in [7, 11) is 0. The minimum atomic E-state index is -1.01. The van der Waals surface area contributed by atoms with Gasteiger partial charge in [0.15, 0.2) is 4.58 Å². The molecule has 1 aliphatic rings. The Hall–Kier alpha value is 0.410. The zero-order chi connectivity index (χ0) is 6.04. The summed E-state index contributed by atoms with van der Waals surface area (Å²) in [5, 5.41) is 0. The van der Waals surface area contributed by atoms with E-state index in [4.69, 9.17) is 0 Å². The Kier molecular flexibility index (Phi) is 1.91. The van der Waals surface area contributed by atoms with Gasteiger partial charge in [0, 0.05) is 0 Å². The van der Waals surface area contributed by atoms with Crippen molar-refractivity contribution < 1.29 is 4.39 Å². The average Bonchev–Trinajstić information content (AvgIpc) is 1.65. The Balaban J connectivity index is 2.33. The van der Waals surface area contributed by atoms with Crippen molar-refractivity contribution >= 4 is 15.9 Å². The molecular weight excluding hydrogens is 171 g/mol. The minimum absolute atomic E-state index is 0.701. The van der Waals surface area contributed by atoms with Gasteiger partial charge in [-0.1, -0.05) is 6.42 Å². The molecule has 0 aromatic heterocycles. The Morgan fingerprint density at radius 2 is 1.62 bits per heavy atom. The van der Waals surface area contributed by atoms with Crippen LogP contribution in [0.3, 0.4) is 0 Å². The van der Waals surface area contributed by atoms with Gasteiger partial charge in [-0.25, -0.2) is 4.39 Å². The van der Waals surface area contributed by atoms with E-state index in [1.165, 1.54) is 6.42 Å². The van der Waals surface area contributed by atoms with Crippen LogP contribution >= 0.6 is 15.9 Å². The Bertz CT molecular complexity index is 72.6. The third-order valence-corrected chi connectivity index (χ3v) is 2.38. The second-order valence-corrected chi connectivity index (χ2v) is 3.84. The third-order valence-electron chi connectivity index (χ3n) is 1.59. The van der Waals surface area contributed by atoms with E-state index >= 15 is 0 Å². The lowest BCUT2D eigenvalue weighted by atomic mass is 9.99. The third kappa shape index (κ3) is 1.73. The van der Waals surface area contributed by atoms with Crippen molar-refractivity contribution in [2.24, 2.45) is 0 Å². The molecule has 0 nitrogen and oxygen atoms in total. The van der Waals surface area contributed by atoms with Crippen molar-refractivity contribution in [3.05, 3.63) is 0 Å². The van der Waals surface area contributed by atoms with Gasteiger partial charge in [-0.05, 0) is 41.6 Å². The van der Waals surface area contributed by atoms with Gasteiger partial charge in [0.2, 0.25) is 0 Å². The van der Waals surface area contributed by atoms with Gasteiger partial charge in [0.05, 0.1) is 0 Å². The van der Waals surface area contributed by atoms with Crippen molar-refractivity contribution in [3.63, 3.8) is 0 Å². The average molecular weight is 181 g/mol. The van der Waals surface area contributed by atoms with Crippen molar-refractivity contribution in [2.75, 3.05) is 0 Å². The van der Waals surface area contributed by atoms with Crippen LogP contribution in [0.2, 0.25) is 0 Å². The van der Waals surface area contributed by atoms with Gasteiger partial charge in [0.25, 0.3) is 0 Å². The van der Waals surface area contributed by atoms with Crippen LogP contribution in [0.4, 0.5) is 4.39 Å². The minimum Gasteiger partial charge on any atom is -0.231 e. The number of rotatable bonds is 0. The molecule has 1 rings (SSSR count). The summed E-state index contributed by atoms with van der Waals surface area (Å²) in [5.41, 5.74) is 0. The summed E-state index contributed by atoms with van der Waals surface area (Å²) in [6.45, 7) is 0. The molecular formula is C6H10BrF. The molecule has 48 valence electrons. The van der Waals surface area contributed by atoms with E-state index in [9.17, 15) is 4.39 Å². The fourth-order valence-corrected chi connectivity index (χ4v) is 1.63. The monoisotopic (exact) mass is 180 g/mol. The van der Waals surface area contributed by atoms with Crippen LogP contribution in [0.25, 0.3) is 0 Å². The second kappa shape index (κ2) is 2.34. The molecule has 0 amide bonds. The van der Waals surface area contributed by atoms with Gasteiger partial charge in [0.1, 0.15) is 0 Å². The number of alkyl halides is 2. The lowest BCUT2D eigenvalue weighted by Crippen LogP contribution is -2.16. The Morgan fingerprint density at radius 1 is 1.12 bits per heavy atom. The highest BCUT2D eigenvalue weighted by Gasteiger charge is 2.27. The summed E-state index contributed by atoms with van der Waals surface area (Å²) in [4.78, 5) is 0. The molecule has 1 saturated carbocycles. The maximum absolute atomic E-state index is 12.8. The summed E-state index contributed by atoms with van der Waals surface area (Å²) >= 11 is 3.03. The van der Waals surface area contributed by atoms with Gasteiger partial charge in [-0.2, -0.15) is 0 Å². The lowest BCUT2D eigenvalue weighted by molar-refractivity contribution is 0.221.